The van der Waals surface area contributed by atoms with Gasteiger partial charge < -0.3 is 14.7 Å². The van der Waals surface area contributed by atoms with Gasteiger partial charge >= 0.3 is 11.8 Å². The average molecular weight is 305 g/mol. The fourth-order valence-electron chi connectivity index (χ4n) is 3.05. The number of likely N-dealkylation sites (tertiary alicyclic amines) is 1. The van der Waals surface area contributed by atoms with E-state index in [9.17, 15) is 14.0 Å². The zero-order valence-corrected chi connectivity index (χ0v) is 12.5. The number of nitrogens with zero attached hydrogens (tertiary/aromatic N) is 3. The summed E-state index contributed by atoms with van der Waals surface area (Å²) in [5.74, 6) is -1.07. The number of amides is 2. The molecule has 2 fully saturated rings. The lowest BCUT2D eigenvalue weighted by Crippen LogP contribution is -2.53. The Labute approximate surface area is 129 Å². The Bertz CT molecular complexity index is 564. The van der Waals surface area contributed by atoms with E-state index in [1.807, 2.05) is 4.90 Å². The fourth-order valence-corrected chi connectivity index (χ4v) is 3.05. The molecule has 2 heterocycles. The molecule has 2 amide bonds. The Morgan fingerprint density at radius 1 is 0.818 bits per heavy atom. The van der Waals surface area contributed by atoms with Crippen molar-refractivity contribution in [2.45, 2.75) is 12.8 Å². The second-order valence-corrected chi connectivity index (χ2v) is 5.73. The minimum atomic E-state index is -0.421. The molecule has 0 aliphatic carbocycles. The van der Waals surface area contributed by atoms with Crippen molar-refractivity contribution in [2.75, 3.05) is 44.2 Å². The highest BCUT2D eigenvalue weighted by molar-refractivity contribution is 6.35. The van der Waals surface area contributed by atoms with Crippen molar-refractivity contribution in [1.29, 1.82) is 0 Å². The molecule has 0 bridgehead atoms. The van der Waals surface area contributed by atoms with Gasteiger partial charge in [0.2, 0.25) is 0 Å². The predicted molar refractivity (Wildman–Crippen MR) is 81.0 cm³/mol. The molecule has 118 valence electrons. The summed E-state index contributed by atoms with van der Waals surface area (Å²) in [5, 5.41) is 0. The third kappa shape index (κ3) is 2.91. The van der Waals surface area contributed by atoms with E-state index in [1.54, 1.807) is 28.0 Å². The molecular weight excluding hydrogens is 285 g/mol. The van der Waals surface area contributed by atoms with Crippen LogP contribution >= 0.6 is 0 Å². The summed E-state index contributed by atoms with van der Waals surface area (Å²) in [4.78, 5) is 29.5. The van der Waals surface area contributed by atoms with Gasteiger partial charge in [-0.05, 0) is 25.0 Å². The van der Waals surface area contributed by atoms with Crippen LogP contribution in [0.15, 0.2) is 24.3 Å². The summed E-state index contributed by atoms with van der Waals surface area (Å²) < 4.78 is 13.8. The van der Waals surface area contributed by atoms with Gasteiger partial charge in [0, 0.05) is 39.3 Å². The summed E-state index contributed by atoms with van der Waals surface area (Å²) in [5.41, 5.74) is 0.556. The maximum Gasteiger partial charge on any atom is 0.312 e. The number of para-hydroxylation sites is 1. The topological polar surface area (TPSA) is 43.9 Å². The van der Waals surface area contributed by atoms with Crippen molar-refractivity contribution in [3.63, 3.8) is 0 Å². The maximum atomic E-state index is 13.8. The lowest BCUT2D eigenvalue weighted by atomic mass is 10.2. The molecule has 0 saturated carbocycles. The highest BCUT2D eigenvalue weighted by Crippen LogP contribution is 2.20. The molecule has 3 rings (SSSR count). The number of carbonyl (C=O) groups excluding carboxylic acids is 2. The first-order chi connectivity index (χ1) is 10.7. The summed E-state index contributed by atoms with van der Waals surface area (Å²) in [6, 6.07) is 6.63. The molecule has 2 aliphatic heterocycles. The quantitative estimate of drug-likeness (QED) is 0.730. The SMILES string of the molecule is O=C(C(=O)N1CCN(c2ccccc2F)CC1)N1CCCC1. The van der Waals surface area contributed by atoms with E-state index in [1.165, 1.54) is 6.07 Å². The van der Waals surface area contributed by atoms with Gasteiger partial charge in [-0.2, -0.15) is 0 Å². The molecule has 0 aromatic heterocycles. The Morgan fingerprint density at radius 3 is 1.95 bits per heavy atom. The second-order valence-electron chi connectivity index (χ2n) is 5.73. The highest BCUT2D eigenvalue weighted by Gasteiger charge is 2.31. The van der Waals surface area contributed by atoms with Crippen molar-refractivity contribution < 1.29 is 14.0 Å². The average Bonchev–Trinajstić information content (AvgIpc) is 3.09. The van der Waals surface area contributed by atoms with E-state index >= 15 is 0 Å². The highest BCUT2D eigenvalue weighted by atomic mass is 19.1. The van der Waals surface area contributed by atoms with Crippen molar-refractivity contribution in [3.8, 4) is 0 Å². The van der Waals surface area contributed by atoms with E-state index in [2.05, 4.69) is 0 Å². The van der Waals surface area contributed by atoms with Gasteiger partial charge in [-0.1, -0.05) is 12.1 Å². The van der Waals surface area contributed by atoms with Crippen LogP contribution < -0.4 is 4.90 Å². The van der Waals surface area contributed by atoms with Gasteiger partial charge in [0.25, 0.3) is 0 Å². The lowest BCUT2D eigenvalue weighted by Gasteiger charge is -2.36. The lowest BCUT2D eigenvalue weighted by molar-refractivity contribution is -0.151. The summed E-state index contributed by atoms with van der Waals surface area (Å²) >= 11 is 0. The molecule has 0 unspecified atom stereocenters. The van der Waals surface area contributed by atoms with Gasteiger partial charge in [-0.3, -0.25) is 9.59 Å². The summed E-state index contributed by atoms with van der Waals surface area (Å²) in [6.07, 6.45) is 1.94. The van der Waals surface area contributed by atoms with Gasteiger partial charge in [-0.25, -0.2) is 4.39 Å². The smallest absolute Gasteiger partial charge is 0.312 e. The first kappa shape index (κ1) is 14.8. The first-order valence-electron chi connectivity index (χ1n) is 7.74. The van der Waals surface area contributed by atoms with Gasteiger partial charge in [-0.15, -0.1) is 0 Å². The molecule has 5 nitrogen and oxygen atoms in total. The summed E-state index contributed by atoms with van der Waals surface area (Å²) in [6.45, 7) is 3.35. The van der Waals surface area contributed by atoms with E-state index in [0.717, 1.165) is 12.8 Å². The Hall–Kier alpha value is -2.11. The fraction of sp³-hybridized carbons (Fsp3) is 0.500. The number of rotatable bonds is 1. The second kappa shape index (κ2) is 6.34. The largest absolute Gasteiger partial charge is 0.366 e. The first-order valence-corrected chi connectivity index (χ1v) is 7.74. The minimum Gasteiger partial charge on any atom is -0.366 e. The van der Waals surface area contributed by atoms with Gasteiger partial charge in [0.15, 0.2) is 0 Å². The Balaban J connectivity index is 1.58. The van der Waals surface area contributed by atoms with Crippen molar-refractivity contribution in [3.05, 3.63) is 30.1 Å². The van der Waals surface area contributed by atoms with Crippen LogP contribution in [0.25, 0.3) is 0 Å². The maximum absolute atomic E-state index is 13.8. The van der Waals surface area contributed by atoms with Crippen LogP contribution in [0, 0.1) is 5.82 Å². The van der Waals surface area contributed by atoms with Crippen LogP contribution in [0.1, 0.15) is 12.8 Å². The van der Waals surface area contributed by atoms with Crippen LogP contribution in [0.4, 0.5) is 10.1 Å². The predicted octanol–water partition coefficient (Wildman–Crippen LogP) is 1.10. The van der Waals surface area contributed by atoms with Crippen LogP contribution in [0.3, 0.4) is 0 Å². The minimum absolute atomic E-state index is 0.254. The number of piperazine rings is 1. The van der Waals surface area contributed by atoms with E-state index < -0.39 is 11.8 Å². The third-order valence-electron chi connectivity index (χ3n) is 4.34. The number of carbonyl (C=O) groups is 2. The zero-order chi connectivity index (χ0) is 15.5. The molecule has 0 atom stereocenters. The van der Waals surface area contributed by atoms with Gasteiger partial charge in [0.1, 0.15) is 5.82 Å². The van der Waals surface area contributed by atoms with E-state index in [-0.39, 0.29) is 5.82 Å². The molecule has 2 saturated heterocycles. The van der Waals surface area contributed by atoms with Gasteiger partial charge in [0.05, 0.1) is 5.69 Å². The normalized spacial score (nSPS) is 18.7. The van der Waals surface area contributed by atoms with Crippen LogP contribution in [-0.2, 0) is 9.59 Å². The molecule has 22 heavy (non-hydrogen) atoms. The molecule has 0 radical (unpaired) electrons. The van der Waals surface area contributed by atoms with Crippen LogP contribution in [-0.4, -0.2) is 60.9 Å². The third-order valence-corrected chi connectivity index (χ3v) is 4.34. The van der Waals surface area contributed by atoms with Crippen molar-refractivity contribution >= 4 is 17.5 Å². The number of halogens is 1. The molecule has 0 N–H and O–H groups in total. The van der Waals surface area contributed by atoms with E-state index in [0.29, 0.717) is 45.0 Å². The van der Waals surface area contributed by atoms with Crippen LogP contribution in [0.2, 0.25) is 0 Å². The Kier molecular flexibility index (Phi) is 4.27. The molecule has 0 spiro atoms. The standard InChI is InChI=1S/C16H20FN3O2/c17-13-5-1-2-6-14(13)18-9-11-20(12-10-18)16(22)15(21)19-7-3-4-8-19/h1-2,5-6H,3-4,7-12H2. The number of benzene rings is 1. The van der Waals surface area contributed by atoms with Crippen LogP contribution in [0.5, 0.6) is 0 Å². The molecule has 6 heteroatoms. The number of hydrogen-bond donors (Lipinski definition) is 0. The zero-order valence-electron chi connectivity index (χ0n) is 12.5. The summed E-state index contributed by atoms with van der Waals surface area (Å²) in [7, 11) is 0. The molecular formula is C16H20FN3O2. The van der Waals surface area contributed by atoms with Crippen molar-refractivity contribution in [1.82, 2.24) is 9.80 Å². The Morgan fingerprint density at radius 2 is 1.36 bits per heavy atom. The van der Waals surface area contributed by atoms with E-state index in [4.69, 9.17) is 0 Å². The number of anilines is 1. The van der Waals surface area contributed by atoms with Crippen molar-refractivity contribution in [2.24, 2.45) is 0 Å². The monoisotopic (exact) mass is 305 g/mol. The number of hydrogen-bond acceptors (Lipinski definition) is 3. The molecule has 1 aromatic rings. The molecule has 1 aromatic carbocycles. The molecule has 2 aliphatic rings.